The summed E-state index contributed by atoms with van der Waals surface area (Å²) in [6.45, 7) is 6.05. The Kier molecular flexibility index (Phi) is 4.58. The molecule has 98 valence electrons. The summed E-state index contributed by atoms with van der Waals surface area (Å²) in [5, 5.41) is 4.12. The molecule has 0 fully saturated rings. The van der Waals surface area contributed by atoms with Gasteiger partial charge in [0.25, 0.3) is 0 Å². The van der Waals surface area contributed by atoms with E-state index in [1.807, 2.05) is 28.9 Å². The fourth-order valence-corrected chi connectivity index (χ4v) is 1.92. The molecular weight excluding hydrogens is 248 g/mol. The van der Waals surface area contributed by atoms with E-state index >= 15 is 0 Å². The van der Waals surface area contributed by atoms with Crippen molar-refractivity contribution in [3.8, 4) is 0 Å². The van der Waals surface area contributed by atoms with Gasteiger partial charge in [0.05, 0.1) is 10.7 Å². The summed E-state index contributed by atoms with van der Waals surface area (Å²) in [7, 11) is 2.12. The highest BCUT2D eigenvalue weighted by molar-refractivity contribution is 6.30. The van der Waals surface area contributed by atoms with Crippen LogP contribution in [0.15, 0.2) is 24.5 Å². The van der Waals surface area contributed by atoms with Gasteiger partial charge in [0.15, 0.2) is 0 Å². The van der Waals surface area contributed by atoms with Crippen molar-refractivity contribution in [3.05, 3.63) is 35.2 Å². The number of fused-ring (bicyclic) bond motifs is 1. The van der Waals surface area contributed by atoms with Crippen LogP contribution in [0.1, 0.15) is 12.6 Å². The van der Waals surface area contributed by atoms with Gasteiger partial charge < -0.3 is 14.6 Å². The highest BCUT2D eigenvalue weighted by Crippen LogP contribution is 2.11. The second kappa shape index (κ2) is 6.18. The molecule has 2 aromatic heterocycles. The molecule has 2 heterocycles. The average Bonchev–Trinajstić information content (AvgIpc) is 2.76. The maximum Gasteiger partial charge on any atom is 0.137 e. The number of pyridine rings is 1. The van der Waals surface area contributed by atoms with Crippen LogP contribution in [0.2, 0.25) is 5.02 Å². The van der Waals surface area contributed by atoms with E-state index in [2.05, 4.69) is 29.2 Å². The molecule has 1 N–H and O–H groups in total. The number of halogens is 1. The predicted molar refractivity (Wildman–Crippen MR) is 75.1 cm³/mol. The first-order valence-electron chi connectivity index (χ1n) is 6.21. The number of hydrogen-bond acceptors (Lipinski definition) is 3. The van der Waals surface area contributed by atoms with Crippen molar-refractivity contribution < 1.29 is 0 Å². The van der Waals surface area contributed by atoms with Crippen molar-refractivity contribution >= 4 is 17.2 Å². The molecule has 0 aliphatic carbocycles. The minimum Gasteiger partial charge on any atom is -0.310 e. The summed E-state index contributed by atoms with van der Waals surface area (Å²) in [4.78, 5) is 6.79. The zero-order valence-electron chi connectivity index (χ0n) is 10.9. The molecule has 0 bridgehead atoms. The standard InChI is InChI=1S/C13H19ClN4/c1-3-17(2)7-6-15-8-12-10-18-9-11(14)4-5-13(18)16-12/h4-5,9-10,15H,3,6-8H2,1-2H3. The second-order valence-electron chi connectivity index (χ2n) is 4.42. The topological polar surface area (TPSA) is 32.6 Å². The number of imidazole rings is 1. The number of aromatic nitrogens is 2. The third-order valence-corrected chi connectivity index (χ3v) is 3.20. The quantitative estimate of drug-likeness (QED) is 0.812. The Morgan fingerprint density at radius 1 is 1.39 bits per heavy atom. The summed E-state index contributed by atoms with van der Waals surface area (Å²) >= 11 is 5.94. The van der Waals surface area contributed by atoms with Crippen LogP contribution >= 0.6 is 11.6 Å². The minimum atomic E-state index is 0.726. The lowest BCUT2D eigenvalue weighted by Gasteiger charge is -2.13. The van der Waals surface area contributed by atoms with Crippen LogP contribution < -0.4 is 5.32 Å². The highest BCUT2D eigenvalue weighted by Gasteiger charge is 2.01. The molecule has 0 aliphatic heterocycles. The van der Waals surface area contributed by atoms with Crippen LogP contribution in [0.3, 0.4) is 0 Å². The molecule has 0 atom stereocenters. The largest absolute Gasteiger partial charge is 0.310 e. The van der Waals surface area contributed by atoms with Gasteiger partial charge in [-0.25, -0.2) is 4.98 Å². The van der Waals surface area contributed by atoms with Crippen LogP contribution in [0.25, 0.3) is 5.65 Å². The Bertz CT molecular complexity index is 509. The molecule has 5 heteroatoms. The van der Waals surface area contributed by atoms with Gasteiger partial charge in [-0.15, -0.1) is 0 Å². The molecule has 4 nitrogen and oxygen atoms in total. The first kappa shape index (κ1) is 13.3. The molecular formula is C13H19ClN4. The molecule has 18 heavy (non-hydrogen) atoms. The summed E-state index contributed by atoms with van der Waals surface area (Å²) in [6.07, 6.45) is 3.88. The van der Waals surface area contributed by atoms with E-state index in [0.717, 1.165) is 42.5 Å². The van der Waals surface area contributed by atoms with Crippen LogP contribution in [-0.4, -0.2) is 41.0 Å². The van der Waals surface area contributed by atoms with Gasteiger partial charge >= 0.3 is 0 Å². The maximum absolute atomic E-state index is 5.94. The normalized spacial score (nSPS) is 11.6. The van der Waals surface area contributed by atoms with Crippen molar-refractivity contribution in [3.63, 3.8) is 0 Å². The zero-order valence-corrected chi connectivity index (χ0v) is 11.6. The number of nitrogens with one attached hydrogen (secondary N) is 1. The Hall–Kier alpha value is -1.10. The van der Waals surface area contributed by atoms with E-state index in [9.17, 15) is 0 Å². The third kappa shape index (κ3) is 3.45. The molecule has 0 aliphatic rings. The Balaban J connectivity index is 1.88. The van der Waals surface area contributed by atoms with Gasteiger partial charge in [0, 0.05) is 32.0 Å². The van der Waals surface area contributed by atoms with E-state index in [1.54, 1.807) is 0 Å². The van der Waals surface area contributed by atoms with Gasteiger partial charge in [0.2, 0.25) is 0 Å². The van der Waals surface area contributed by atoms with Crippen molar-refractivity contribution in [1.29, 1.82) is 0 Å². The van der Waals surface area contributed by atoms with Gasteiger partial charge in [-0.2, -0.15) is 0 Å². The fourth-order valence-electron chi connectivity index (χ4n) is 1.75. The van der Waals surface area contributed by atoms with Crippen LogP contribution in [0.4, 0.5) is 0 Å². The van der Waals surface area contributed by atoms with Crippen molar-refractivity contribution in [2.75, 3.05) is 26.7 Å². The lowest BCUT2D eigenvalue weighted by molar-refractivity contribution is 0.348. The lowest BCUT2D eigenvalue weighted by atomic mass is 10.4. The van der Waals surface area contributed by atoms with Crippen LogP contribution in [0, 0.1) is 0 Å². The van der Waals surface area contributed by atoms with Gasteiger partial charge in [-0.1, -0.05) is 18.5 Å². The SMILES string of the molecule is CCN(C)CCNCc1cn2cc(Cl)ccc2n1. The van der Waals surface area contributed by atoms with Crippen molar-refractivity contribution in [2.45, 2.75) is 13.5 Å². The smallest absolute Gasteiger partial charge is 0.137 e. The molecule has 0 radical (unpaired) electrons. The first-order valence-corrected chi connectivity index (χ1v) is 6.59. The van der Waals surface area contributed by atoms with Crippen LogP contribution in [0.5, 0.6) is 0 Å². The summed E-state index contributed by atoms with van der Waals surface area (Å²) in [5.74, 6) is 0. The molecule has 0 saturated carbocycles. The molecule has 0 spiro atoms. The average molecular weight is 267 g/mol. The minimum absolute atomic E-state index is 0.726. The molecule has 0 aromatic carbocycles. The summed E-state index contributed by atoms with van der Waals surface area (Å²) in [6, 6.07) is 3.79. The van der Waals surface area contributed by atoms with E-state index in [-0.39, 0.29) is 0 Å². The van der Waals surface area contributed by atoms with Crippen LogP contribution in [-0.2, 0) is 6.54 Å². The fraction of sp³-hybridized carbons (Fsp3) is 0.462. The predicted octanol–water partition coefficient (Wildman–Crippen LogP) is 2.03. The van der Waals surface area contributed by atoms with E-state index < -0.39 is 0 Å². The number of hydrogen-bond donors (Lipinski definition) is 1. The summed E-state index contributed by atoms with van der Waals surface area (Å²) < 4.78 is 1.96. The highest BCUT2D eigenvalue weighted by atomic mass is 35.5. The number of likely N-dealkylation sites (N-methyl/N-ethyl adjacent to an activating group) is 1. The van der Waals surface area contributed by atoms with Gasteiger partial charge in [0.1, 0.15) is 5.65 Å². The van der Waals surface area contributed by atoms with Crippen molar-refractivity contribution in [1.82, 2.24) is 19.6 Å². The third-order valence-electron chi connectivity index (χ3n) is 2.98. The Morgan fingerprint density at radius 2 is 2.22 bits per heavy atom. The van der Waals surface area contributed by atoms with Gasteiger partial charge in [-0.05, 0) is 25.7 Å². The van der Waals surface area contributed by atoms with E-state index in [1.165, 1.54) is 0 Å². The second-order valence-corrected chi connectivity index (χ2v) is 4.85. The zero-order chi connectivity index (χ0) is 13.0. The lowest BCUT2D eigenvalue weighted by Crippen LogP contribution is -2.28. The van der Waals surface area contributed by atoms with E-state index in [4.69, 9.17) is 11.6 Å². The Morgan fingerprint density at radius 3 is 3.00 bits per heavy atom. The monoisotopic (exact) mass is 266 g/mol. The maximum atomic E-state index is 5.94. The summed E-state index contributed by atoms with van der Waals surface area (Å²) in [5.41, 5.74) is 1.97. The van der Waals surface area contributed by atoms with E-state index in [0.29, 0.717) is 0 Å². The molecule has 0 unspecified atom stereocenters. The number of nitrogens with zero attached hydrogens (tertiary/aromatic N) is 3. The Labute approximate surface area is 113 Å². The molecule has 2 aromatic rings. The van der Waals surface area contributed by atoms with Gasteiger partial charge in [-0.3, -0.25) is 0 Å². The molecule has 0 amide bonds. The van der Waals surface area contributed by atoms with Crippen molar-refractivity contribution in [2.24, 2.45) is 0 Å². The molecule has 2 rings (SSSR count). The molecule has 0 saturated heterocycles. The first-order chi connectivity index (χ1) is 8.69. The number of rotatable bonds is 6.